The van der Waals surface area contributed by atoms with Gasteiger partial charge in [-0.05, 0) is 44.5 Å². The molecule has 1 amide bonds. The van der Waals surface area contributed by atoms with E-state index >= 15 is 0 Å². The molecular weight excluding hydrogens is 360 g/mol. The number of hydrogen-bond donors (Lipinski definition) is 1. The number of sulfonamides is 1. The van der Waals surface area contributed by atoms with Gasteiger partial charge in [-0.3, -0.25) is 9.10 Å². The van der Waals surface area contributed by atoms with E-state index < -0.39 is 10.0 Å². The van der Waals surface area contributed by atoms with Gasteiger partial charge in [0.05, 0.1) is 10.6 Å². The second-order valence-electron chi connectivity index (χ2n) is 6.18. The number of rotatable bonds is 9. The lowest BCUT2D eigenvalue weighted by Gasteiger charge is -2.24. The summed E-state index contributed by atoms with van der Waals surface area (Å²) in [6, 6.07) is 15.6. The van der Waals surface area contributed by atoms with Gasteiger partial charge in [-0.25, -0.2) is 8.42 Å². The minimum absolute atomic E-state index is 0.0790. The Kier molecular flexibility index (Phi) is 7.61. The van der Waals surface area contributed by atoms with Crippen molar-refractivity contribution in [2.75, 3.05) is 17.4 Å². The van der Waals surface area contributed by atoms with Crippen molar-refractivity contribution < 1.29 is 13.2 Å². The van der Waals surface area contributed by atoms with Crippen LogP contribution in [0, 0.1) is 6.92 Å². The van der Waals surface area contributed by atoms with Crippen molar-refractivity contribution in [3.8, 4) is 0 Å². The molecule has 0 heterocycles. The van der Waals surface area contributed by atoms with Gasteiger partial charge in [0, 0.05) is 19.5 Å². The van der Waals surface area contributed by atoms with Crippen LogP contribution in [0.3, 0.4) is 0 Å². The maximum absolute atomic E-state index is 13.1. The maximum Gasteiger partial charge on any atom is 0.264 e. The summed E-state index contributed by atoms with van der Waals surface area (Å²) in [5, 5.41) is 2.81. The van der Waals surface area contributed by atoms with Gasteiger partial charge in [-0.15, -0.1) is 0 Å². The predicted octanol–water partition coefficient (Wildman–Crippen LogP) is 3.66. The lowest BCUT2D eigenvalue weighted by molar-refractivity contribution is -0.120. The topological polar surface area (TPSA) is 66.5 Å². The molecule has 2 aromatic rings. The fraction of sp³-hybridized carbons (Fsp3) is 0.286. The zero-order valence-corrected chi connectivity index (χ0v) is 16.6. The van der Waals surface area contributed by atoms with Crippen molar-refractivity contribution in [1.29, 1.82) is 0 Å². The summed E-state index contributed by atoms with van der Waals surface area (Å²) in [6.45, 7) is 4.45. The van der Waals surface area contributed by atoms with E-state index in [-0.39, 0.29) is 23.8 Å². The van der Waals surface area contributed by atoms with E-state index in [0.29, 0.717) is 12.2 Å². The molecule has 0 atom stereocenters. The highest BCUT2D eigenvalue weighted by molar-refractivity contribution is 7.92. The van der Waals surface area contributed by atoms with Gasteiger partial charge in [-0.2, -0.15) is 0 Å². The van der Waals surface area contributed by atoms with Crippen molar-refractivity contribution in [2.45, 2.75) is 31.6 Å². The van der Waals surface area contributed by atoms with Crippen LogP contribution in [0.5, 0.6) is 0 Å². The van der Waals surface area contributed by atoms with E-state index in [2.05, 4.69) is 5.32 Å². The highest BCUT2D eigenvalue weighted by atomic mass is 32.2. The van der Waals surface area contributed by atoms with Gasteiger partial charge in [0.1, 0.15) is 0 Å². The van der Waals surface area contributed by atoms with Crippen molar-refractivity contribution in [2.24, 2.45) is 0 Å². The Morgan fingerprint density at radius 2 is 1.74 bits per heavy atom. The fourth-order valence-electron chi connectivity index (χ4n) is 2.57. The smallest absolute Gasteiger partial charge is 0.264 e. The Balaban J connectivity index is 2.17. The molecule has 0 saturated carbocycles. The number of para-hydroxylation sites is 1. The molecule has 0 aliphatic rings. The van der Waals surface area contributed by atoms with Gasteiger partial charge in [0.15, 0.2) is 0 Å². The molecule has 0 spiro atoms. The predicted molar refractivity (Wildman–Crippen MR) is 109 cm³/mol. The highest BCUT2D eigenvalue weighted by Gasteiger charge is 2.25. The van der Waals surface area contributed by atoms with E-state index in [0.717, 1.165) is 12.0 Å². The minimum atomic E-state index is -3.75. The first kappa shape index (κ1) is 20.7. The molecule has 0 radical (unpaired) electrons. The molecule has 0 unspecified atom stereocenters. The van der Waals surface area contributed by atoms with Gasteiger partial charge in [0.25, 0.3) is 10.0 Å². The van der Waals surface area contributed by atoms with Crippen molar-refractivity contribution >= 4 is 21.6 Å². The number of nitrogens with zero attached hydrogens (tertiary/aromatic N) is 1. The zero-order valence-electron chi connectivity index (χ0n) is 15.8. The van der Waals surface area contributed by atoms with E-state index in [4.69, 9.17) is 0 Å². The van der Waals surface area contributed by atoms with Crippen LogP contribution in [0.2, 0.25) is 0 Å². The number of allylic oxidation sites excluding steroid dienone is 1. The largest absolute Gasteiger partial charge is 0.356 e. The number of carbonyl (C=O) groups excluding carboxylic acids is 1. The third-order valence-electron chi connectivity index (χ3n) is 4.06. The van der Waals surface area contributed by atoms with Crippen LogP contribution in [0.15, 0.2) is 71.6 Å². The van der Waals surface area contributed by atoms with Crippen LogP contribution < -0.4 is 9.62 Å². The number of anilines is 1. The second-order valence-corrected chi connectivity index (χ2v) is 8.05. The fourth-order valence-corrected chi connectivity index (χ4v) is 4.04. The van der Waals surface area contributed by atoms with Crippen LogP contribution in [0.25, 0.3) is 0 Å². The minimum Gasteiger partial charge on any atom is -0.356 e. The monoisotopic (exact) mass is 386 g/mol. The summed E-state index contributed by atoms with van der Waals surface area (Å²) in [6.07, 6.45) is 4.75. The summed E-state index contributed by atoms with van der Waals surface area (Å²) in [5.41, 5.74) is 1.53. The summed E-state index contributed by atoms with van der Waals surface area (Å²) < 4.78 is 27.6. The van der Waals surface area contributed by atoms with Crippen molar-refractivity contribution in [3.05, 3.63) is 72.3 Å². The molecule has 0 fully saturated rings. The Bertz CT molecular complexity index is 860. The number of nitrogens with one attached hydrogen (secondary N) is 1. The van der Waals surface area contributed by atoms with Crippen LogP contribution >= 0.6 is 0 Å². The van der Waals surface area contributed by atoms with E-state index in [1.165, 1.54) is 4.31 Å². The summed E-state index contributed by atoms with van der Waals surface area (Å²) in [4.78, 5) is 12.3. The summed E-state index contributed by atoms with van der Waals surface area (Å²) >= 11 is 0. The first-order valence-corrected chi connectivity index (χ1v) is 10.4. The molecule has 0 bridgehead atoms. The second kappa shape index (κ2) is 9.92. The zero-order chi connectivity index (χ0) is 19.7. The highest BCUT2D eigenvalue weighted by Crippen LogP contribution is 2.24. The van der Waals surface area contributed by atoms with Gasteiger partial charge in [0.2, 0.25) is 5.91 Å². The molecule has 144 valence electrons. The van der Waals surface area contributed by atoms with Gasteiger partial charge in [-0.1, -0.05) is 48.0 Å². The number of carbonyl (C=O) groups is 1. The molecule has 2 rings (SSSR count). The Labute approximate surface area is 161 Å². The molecule has 5 nitrogen and oxygen atoms in total. The Morgan fingerprint density at radius 3 is 2.37 bits per heavy atom. The Hall–Kier alpha value is -2.60. The van der Waals surface area contributed by atoms with E-state index in [1.54, 1.807) is 48.5 Å². The molecule has 27 heavy (non-hydrogen) atoms. The molecule has 1 N–H and O–H groups in total. The first-order chi connectivity index (χ1) is 12.9. The lowest BCUT2D eigenvalue weighted by Crippen LogP contribution is -2.35. The SMILES string of the molecule is C/C=C/CCNC(=O)CCN(c1ccccc1)S(=O)(=O)c1ccc(C)cc1. The maximum atomic E-state index is 13.1. The quantitative estimate of drug-likeness (QED) is 0.528. The number of hydrogen-bond acceptors (Lipinski definition) is 3. The molecule has 6 heteroatoms. The third kappa shape index (κ3) is 5.96. The third-order valence-corrected chi connectivity index (χ3v) is 5.91. The number of aryl methyl sites for hydroxylation is 1. The molecule has 0 aliphatic heterocycles. The van der Waals surface area contributed by atoms with Crippen molar-refractivity contribution in [3.63, 3.8) is 0 Å². The molecule has 0 aliphatic carbocycles. The molecule has 0 aromatic heterocycles. The van der Waals surface area contributed by atoms with Crippen LogP contribution in [0.4, 0.5) is 5.69 Å². The van der Waals surface area contributed by atoms with Gasteiger partial charge >= 0.3 is 0 Å². The van der Waals surface area contributed by atoms with Crippen LogP contribution in [-0.2, 0) is 14.8 Å². The normalized spacial score (nSPS) is 11.5. The van der Waals surface area contributed by atoms with Crippen LogP contribution in [-0.4, -0.2) is 27.4 Å². The summed E-state index contributed by atoms with van der Waals surface area (Å²) in [5.74, 6) is -0.167. The molecule has 2 aromatic carbocycles. The summed E-state index contributed by atoms with van der Waals surface area (Å²) in [7, 11) is -3.75. The number of benzene rings is 2. The van der Waals surface area contributed by atoms with E-state index in [9.17, 15) is 13.2 Å². The first-order valence-electron chi connectivity index (χ1n) is 8.97. The average molecular weight is 387 g/mol. The lowest BCUT2D eigenvalue weighted by atomic mass is 10.2. The standard InChI is InChI=1S/C21H26N2O3S/c1-3-4-8-16-22-21(24)15-17-23(19-9-6-5-7-10-19)27(25,26)20-13-11-18(2)12-14-20/h3-7,9-14H,8,15-17H2,1-2H3,(H,22,24)/b4-3+. The Morgan fingerprint density at radius 1 is 1.07 bits per heavy atom. The molecule has 0 saturated heterocycles. The molecular formula is C21H26N2O3S. The van der Waals surface area contributed by atoms with E-state index in [1.807, 2.05) is 32.1 Å². The van der Waals surface area contributed by atoms with Crippen LogP contribution in [0.1, 0.15) is 25.3 Å². The average Bonchev–Trinajstić information content (AvgIpc) is 2.66. The number of amides is 1. The van der Waals surface area contributed by atoms with Gasteiger partial charge < -0.3 is 5.32 Å². The van der Waals surface area contributed by atoms with Crippen molar-refractivity contribution in [1.82, 2.24) is 5.32 Å².